The van der Waals surface area contributed by atoms with E-state index in [0.29, 0.717) is 6.04 Å². The van der Waals surface area contributed by atoms with Crippen LogP contribution in [0.25, 0.3) is 0 Å². The van der Waals surface area contributed by atoms with Gasteiger partial charge in [0.25, 0.3) is 0 Å². The summed E-state index contributed by atoms with van der Waals surface area (Å²) in [4.78, 5) is 2.53. The second-order valence-corrected chi connectivity index (χ2v) is 3.47. The van der Waals surface area contributed by atoms with Crippen molar-refractivity contribution in [3.63, 3.8) is 0 Å². The molecule has 0 N–H and O–H groups in total. The van der Waals surface area contributed by atoms with Crippen LogP contribution in [-0.4, -0.2) is 37.2 Å². The molecular formula is C9H15NO. The summed E-state index contributed by atoms with van der Waals surface area (Å²) in [5.41, 5.74) is 1.40. The van der Waals surface area contributed by atoms with Crippen molar-refractivity contribution in [3.8, 4) is 0 Å². The molecule has 0 amide bonds. The van der Waals surface area contributed by atoms with Crippen LogP contribution in [0.15, 0.2) is 12.2 Å². The summed E-state index contributed by atoms with van der Waals surface area (Å²) in [7, 11) is 0. The van der Waals surface area contributed by atoms with Crippen LogP contribution in [0.3, 0.4) is 0 Å². The molecule has 0 spiro atoms. The second-order valence-electron chi connectivity index (χ2n) is 3.47. The van der Waals surface area contributed by atoms with Gasteiger partial charge in [-0.3, -0.25) is 4.90 Å². The number of piperidine rings is 1. The first-order valence-electron chi connectivity index (χ1n) is 4.35. The number of ether oxygens (including phenoxy) is 1. The standard InChI is InChI=1S/C9H15NO/c1-8-2-3-10-4-5-11-7-9(10)6-8/h9H,1-7H2. The largest absolute Gasteiger partial charge is 0.378 e. The van der Waals surface area contributed by atoms with Crippen molar-refractivity contribution in [2.45, 2.75) is 18.9 Å². The molecule has 11 heavy (non-hydrogen) atoms. The van der Waals surface area contributed by atoms with Crippen LogP contribution in [0.1, 0.15) is 12.8 Å². The smallest absolute Gasteiger partial charge is 0.0625 e. The maximum atomic E-state index is 5.40. The van der Waals surface area contributed by atoms with Crippen LogP contribution in [0.5, 0.6) is 0 Å². The van der Waals surface area contributed by atoms with Crippen LogP contribution in [-0.2, 0) is 4.74 Å². The third-order valence-corrected chi connectivity index (χ3v) is 2.63. The molecule has 2 aliphatic heterocycles. The van der Waals surface area contributed by atoms with E-state index in [4.69, 9.17) is 4.74 Å². The van der Waals surface area contributed by atoms with Gasteiger partial charge in [0.15, 0.2) is 0 Å². The van der Waals surface area contributed by atoms with Crippen LogP contribution in [0.2, 0.25) is 0 Å². The molecule has 0 aromatic rings. The van der Waals surface area contributed by atoms with Crippen molar-refractivity contribution >= 4 is 0 Å². The zero-order valence-corrected chi connectivity index (χ0v) is 6.88. The Morgan fingerprint density at radius 2 is 2.36 bits per heavy atom. The molecule has 0 aliphatic carbocycles. The Morgan fingerprint density at radius 1 is 1.45 bits per heavy atom. The zero-order valence-electron chi connectivity index (χ0n) is 6.88. The summed E-state index contributed by atoms with van der Waals surface area (Å²) < 4.78 is 5.40. The Balaban J connectivity index is 1.98. The van der Waals surface area contributed by atoms with Gasteiger partial charge >= 0.3 is 0 Å². The average Bonchev–Trinajstić information content (AvgIpc) is 2.04. The summed E-state index contributed by atoms with van der Waals surface area (Å²) in [6.07, 6.45) is 2.34. The molecule has 1 atom stereocenters. The van der Waals surface area contributed by atoms with E-state index in [1.54, 1.807) is 0 Å². The van der Waals surface area contributed by atoms with Crippen LogP contribution < -0.4 is 0 Å². The summed E-state index contributed by atoms with van der Waals surface area (Å²) >= 11 is 0. The topological polar surface area (TPSA) is 12.5 Å². The van der Waals surface area contributed by atoms with Crippen LogP contribution in [0, 0.1) is 0 Å². The SMILES string of the molecule is C=C1CCN2CCOCC2C1. The lowest BCUT2D eigenvalue weighted by Gasteiger charge is -2.39. The Bertz CT molecular complexity index is 167. The van der Waals surface area contributed by atoms with Gasteiger partial charge in [0.2, 0.25) is 0 Å². The fourth-order valence-corrected chi connectivity index (χ4v) is 1.91. The minimum atomic E-state index is 0.644. The highest BCUT2D eigenvalue weighted by Gasteiger charge is 2.26. The van der Waals surface area contributed by atoms with E-state index in [-0.39, 0.29) is 0 Å². The first kappa shape index (κ1) is 7.32. The second kappa shape index (κ2) is 2.95. The predicted molar refractivity (Wildman–Crippen MR) is 44.6 cm³/mol. The Labute approximate surface area is 67.8 Å². The van der Waals surface area contributed by atoms with E-state index in [1.165, 1.54) is 18.5 Å². The van der Waals surface area contributed by atoms with E-state index < -0.39 is 0 Å². The van der Waals surface area contributed by atoms with Gasteiger partial charge in [-0.1, -0.05) is 12.2 Å². The number of fused-ring (bicyclic) bond motifs is 1. The van der Waals surface area contributed by atoms with Crippen molar-refractivity contribution in [3.05, 3.63) is 12.2 Å². The van der Waals surface area contributed by atoms with Crippen molar-refractivity contribution in [2.24, 2.45) is 0 Å². The molecular weight excluding hydrogens is 138 g/mol. The highest BCUT2D eigenvalue weighted by molar-refractivity contribution is 5.03. The molecule has 0 aromatic carbocycles. The maximum Gasteiger partial charge on any atom is 0.0625 e. The summed E-state index contributed by atoms with van der Waals surface area (Å²) in [5.74, 6) is 0. The molecule has 62 valence electrons. The lowest BCUT2D eigenvalue weighted by Crippen LogP contribution is -2.48. The molecule has 0 radical (unpaired) electrons. The Morgan fingerprint density at radius 3 is 3.27 bits per heavy atom. The molecule has 2 aliphatic rings. The van der Waals surface area contributed by atoms with E-state index in [2.05, 4.69) is 11.5 Å². The maximum absolute atomic E-state index is 5.40. The Hall–Kier alpha value is -0.340. The van der Waals surface area contributed by atoms with Gasteiger partial charge in [-0.05, 0) is 12.8 Å². The van der Waals surface area contributed by atoms with E-state index in [1.807, 2.05) is 0 Å². The minimum Gasteiger partial charge on any atom is -0.378 e. The first-order chi connectivity index (χ1) is 5.36. The molecule has 0 bridgehead atoms. The number of morpholine rings is 1. The first-order valence-corrected chi connectivity index (χ1v) is 4.35. The van der Waals surface area contributed by atoms with Crippen molar-refractivity contribution in [1.29, 1.82) is 0 Å². The van der Waals surface area contributed by atoms with Gasteiger partial charge in [0.1, 0.15) is 0 Å². The van der Waals surface area contributed by atoms with Crippen molar-refractivity contribution < 1.29 is 4.74 Å². The number of hydrogen-bond donors (Lipinski definition) is 0. The minimum absolute atomic E-state index is 0.644. The summed E-state index contributed by atoms with van der Waals surface area (Å²) in [6.45, 7) is 8.18. The van der Waals surface area contributed by atoms with Gasteiger partial charge in [-0.2, -0.15) is 0 Å². The molecule has 0 saturated carbocycles. The molecule has 2 rings (SSSR count). The predicted octanol–water partition coefficient (Wildman–Crippen LogP) is 1.04. The highest BCUT2D eigenvalue weighted by Crippen LogP contribution is 2.22. The molecule has 2 fully saturated rings. The quantitative estimate of drug-likeness (QED) is 0.482. The van der Waals surface area contributed by atoms with Gasteiger partial charge in [-0.15, -0.1) is 0 Å². The fourth-order valence-electron chi connectivity index (χ4n) is 1.91. The molecule has 2 nitrogen and oxygen atoms in total. The monoisotopic (exact) mass is 153 g/mol. The third kappa shape index (κ3) is 1.47. The number of rotatable bonds is 0. The van der Waals surface area contributed by atoms with Gasteiger partial charge in [-0.25, -0.2) is 0 Å². The van der Waals surface area contributed by atoms with E-state index in [9.17, 15) is 0 Å². The average molecular weight is 153 g/mol. The molecule has 2 heteroatoms. The van der Waals surface area contributed by atoms with Crippen molar-refractivity contribution in [1.82, 2.24) is 4.90 Å². The Kier molecular flexibility index (Phi) is 1.96. The van der Waals surface area contributed by atoms with Crippen LogP contribution >= 0.6 is 0 Å². The highest BCUT2D eigenvalue weighted by atomic mass is 16.5. The summed E-state index contributed by atoms with van der Waals surface area (Å²) in [5, 5.41) is 0. The summed E-state index contributed by atoms with van der Waals surface area (Å²) in [6, 6.07) is 0.644. The molecule has 1 unspecified atom stereocenters. The van der Waals surface area contributed by atoms with E-state index in [0.717, 1.165) is 26.2 Å². The van der Waals surface area contributed by atoms with Gasteiger partial charge < -0.3 is 4.74 Å². The zero-order chi connectivity index (χ0) is 7.68. The number of hydrogen-bond acceptors (Lipinski definition) is 2. The number of nitrogens with zero attached hydrogens (tertiary/aromatic N) is 1. The lowest BCUT2D eigenvalue weighted by atomic mass is 9.98. The normalized spacial score (nSPS) is 33.5. The van der Waals surface area contributed by atoms with Gasteiger partial charge in [0.05, 0.1) is 13.2 Å². The third-order valence-electron chi connectivity index (χ3n) is 2.63. The lowest BCUT2D eigenvalue weighted by molar-refractivity contribution is -0.0142. The molecule has 2 heterocycles. The molecule has 0 aromatic heterocycles. The van der Waals surface area contributed by atoms with Gasteiger partial charge in [0, 0.05) is 19.1 Å². The molecule has 2 saturated heterocycles. The van der Waals surface area contributed by atoms with Crippen LogP contribution in [0.4, 0.5) is 0 Å². The van der Waals surface area contributed by atoms with E-state index >= 15 is 0 Å². The van der Waals surface area contributed by atoms with Crippen molar-refractivity contribution in [2.75, 3.05) is 26.3 Å². The fraction of sp³-hybridized carbons (Fsp3) is 0.778.